The summed E-state index contributed by atoms with van der Waals surface area (Å²) in [5, 5.41) is 3.25. The lowest BCUT2D eigenvalue weighted by atomic mass is 10.2. The maximum Gasteiger partial charge on any atom is 0.255 e. The number of nitrogens with one attached hydrogen (secondary N) is 1. The molecule has 0 bridgehead atoms. The molecule has 0 spiro atoms. The van der Waals surface area contributed by atoms with Crippen molar-refractivity contribution in [3.63, 3.8) is 0 Å². The van der Waals surface area contributed by atoms with E-state index >= 15 is 0 Å². The van der Waals surface area contributed by atoms with Gasteiger partial charge in [0.1, 0.15) is 5.82 Å². The average molecular weight is 373 g/mol. The molecule has 142 valence electrons. The van der Waals surface area contributed by atoms with Gasteiger partial charge in [0.25, 0.3) is 5.91 Å². The number of amides is 1. The number of anilines is 2. The Bertz CT molecular complexity index is 891. The summed E-state index contributed by atoms with van der Waals surface area (Å²) in [6.07, 6.45) is 5.22. The number of hydrogen-bond donors (Lipinski definition) is 1. The highest BCUT2D eigenvalue weighted by atomic mass is 16.2. The van der Waals surface area contributed by atoms with Crippen molar-refractivity contribution in [2.75, 3.05) is 36.4 Å². The van der Waals surface area contributed by atoms with Crippen LogP contribution >= 0.6 is 0 Å². The number of carbonyl (C=O) groups is 1. The second-order valence-electron chi connectivity index (χ2n) is 6.76. The van der Waals surface area contributed by atoms with E-state index in [9.17, 15) is 4.79 Å². The van der Waals surface area contributed by atoms with Crippen LogP contribution in [0, 0.1) is 0 Å². The zero-order chi connectivity index (χ0) is 19.2. The molecule has 0 atom stereocenters. The summed E-state index contributed by atoms with van der Waals surface area (Å²) in [6.45, 7) is 3.76. The third-order valence-corrected chi connectivity index (χ3v) is 4.90. The standard InChI is InChI=1S/C22H23N5O/c28-22(27-13-11-26(12-14-27)20-6-2-1-3-7-20)19-8-9-21(25-17-19)24-16-18-5-4-10-23-15-18/h1-10,15,17H,11-14,16H2,(H,24,25). The molecule has 1 aliphatic heterocycles. The summed E-state index contributed by atoms with van der Waals surface area (Å²) < 4.78 is 0. The maximum absolute atomic E-state index is 12.8. The molecule has 3 aromatic rings. The van der Waals surface area contributed by atoms with Gasteiger partial charge in [-0.1, -0.05) is 24.3 Å². The number of benzene rings is 1. The molecule has 4 rings (SSSR count). The molecule has 1 saturated heterocycles. The van der Waals surface area contributed by atoms with Crippen molar-refractivity contribution in [3.8, 4) is 0 Å². The van der Waals surface area contributed by atoms with E-state index in [2.05, 4.69) is 32.3 Å². The smallest absolute Gasteiger partial charge is 0.255 e. The predicted octanol–water partition coefficient (Wildman–Crippen LogP) is 3.05. The highest BCUT2D eigenvalue weighted by Gasteiger charge is 2.22. The van der Waals surface area contributed by atoms with Crippen molar-refractivity contribution in [1.29, 1.82) is 0 Å². The second kappa shape index (κ2) is 8.52. The number of carbonyl (C=O) groups excluding carboxylic acids is 1. The van der Waals surface area contributed by atoms with E-state index in [1.54, 1.807) is 12.4 Å². The van der Waals surface area contributed by atoms with Gasteiger partial charge in [0.15, 0.2) is 0 Å². The van der Waals surface area contributed by atoms with Gasteiger partial charge in [-0.15, -0.1) is 0 Å². The van der Waals surface area contributed by atoms with Crippen molar-refractivity contribution in [2.45, 2.75) is 6.54 Å². The molecule has 6 nitrogen and oxygen atoms in total. The van der Waals surface area contributed by atoms with Crippen molar-refractivity contribution in [1.82, 2.24) is 14.9 Å². The van der Waals surface area contributed by atoms with Crippen LogP contribution in [0.4, 0.5) is 11.5 Å². The molecule has 0 saturated carbocycles. The minimum atomic E-state index is 0.0408. The molecule has 2 aromatic heterocycles. The summed E-state index contributed by atoms with van der Waals surface area (Å²) in [4.78, 5) is 25.5. The van der Waals surface area contributed by atoms with E-state index in [-0.39, 0.29) is 5.91 Å². The van der Waals surface area contributed by atoms with Gasteiger partial charge in [-0.2, -0.15) is 0 Å². The quantitative estimate of drug-likeness (QED) is 0.745. The fraction of sp³-hybridized carbons (Fsp3) is 0.227. The summed E-state index contributed by atoms with van der Waals surface area (Å²) in [7, 11) is 0. The first kappa shape index (κ1) is 18.0. The molecule has 0 aliphatic carbocycles. The fourth-order valence-electron chi connectivity index (χ4n) is 3.31. The topological polar surface area (TPSA) is 61.4 Å². The molecule has 3 heterocycles. The zero-order valence-corrected chi connectivity index (χ0v) is 15.7. The molecular formula is C22H23N5O. The number of hydrogen-bond acceptors (Lipinski definition) is 5. The summed E-state index contributed by atoms with van der Waals surface area (Å²) in [5.41, 5.74) is 2.92. The number of nitrogens with zero attached hydrogens (tertiary/aromatic N) is 4. The van der Waals surface area contributed by atoms with E-state index in [1.165, 1.54) is 5.69 Å². The Morgan fingerprint density at radius 3 is 2.43 bits per heavy atom. The lowest BCUT2D eigenvalue weighted by molar-refractivity contribution is 0.0746. The predicted molar refractivity (Wildman–Crippen MR) is 110 cm³/mol. The Kier molecular flexibility index (Phi) is 5.47. The number of pyridine rings is 2. The summed E-state index contributed by atoms with van der Waals surface area (Å²) in [6, 6.07) is 17.9. The van der Waals surface area contributed by atoms with Crippen molar-refractivity contribution >= 4 is 17.4 Å². The Morgan fingerprint density at radius 2 is 1.75 bits per heavy atom. The molecule has 6 heteroatoms. The zero-order valence-electron chi connectivity index (χ0n) is 15.7. The molecule has 1 aliphatic rings. The minimum Gasteiger partial charge on any atom is -0.368 e. The Hall–Kier alpha value is -3.41. The van der Waals surface area contributed by atoms with Crippen molar-refractivity contribution in [3.05, 3.63) is 84.3 Å². The molecule has 28 heavy (non-hydrogen) atoms. The highest BCUT2D eigenvalue weighted by molar-refractivity contribution is 5.94. The third-order valence-electron chi connectivity index (χ3n) is 4.90. The van der Waals surface area contributed by atoms with Gasteiger partial charge in [-0.25, -0.2) is 4.98 Å². The van der Waals surface area contributed by atoms with Gasteiger partial charge >= 0.3 is 0 Å². The molecule has 1 N–H and O–H groups in total. The largest absolute Gasteiger partial charge is 0.368 e. The van der Waals surface area contributed by atoms with Gasteiger partial charge in [-0.05, 0) is 35.9 Å². The second-order valence-corrected chi connectivity index (χ2v) is 6.76. The maximum atomic E-state index is 12.8. The Labute approximate surface area is 164 Å². The molecule has 1 fully saturated rings. The molecule has 0 unspecified atom stereocenters. The van der Waals surface area contributed by atoms with Crippen LogP contribution in [-0.2, 0) is 6.54 Å². The van der Waals surface area contributed by atoms with E-state index in [4.69, 9.17) is 0 Å². The van der Waals surface area contributed by atoms with E-state index in [0.717, 1.165) is 37.6 Å². The van der Waals surface area contributed by atoms with Gasteiger partial charge in [0, 0.05) is 57.0 Å². The molecule has 1 amide bonds. The number of rotatable bonds is 5. The molecule has 0 radical (unpaired) electrons. The van der Waals surface area contributed by atoms with E-state index in [0.29, 0.717) is 12.1 Å². The fourth-order valence-corrected chi connectivity index (χ4v) is 3.31. The van der Waals surface area contributed by atoms with Gasteiger partial charge < -0.3 is 15.1 Å². The van der Waals surface area contributed by atoms with Crippen LogP contribution in [0.5, 0.6) is 0 Å². The van der Waals surface area contributed by atoms with Crippen molar-refractivity contribution in [2.24, 2.45) is 0 Å². The summed E-state index contributed by atoms with van der Waals surface area (Å²) in [5.74, 6) is 0.785. The van der Waals surface area contributed by atoms with Crippen LogP contribution in [0.15, 0.2) is 73.2 Å². The lowest BCUT2D eigenvalue weighted by Crippen LogP contribution is -2.48. The average Bonchev–Trinajstić information content (AvgIpc) is 2.79. The number of aromatic nitrogens is 2. The minimum absolute atomic E-state index is 0.0408. The van der Waals surface area contributed by atoms with E-state index < -0.39 is 0 Å². The van der Waals surface area contributed by atoms with Gasteiger partial charge in [0.05, 0.1) is 5.56 Å². The Morgan fingerprint density at radius 1 is 0.929 bits per heavy atom. The highest BCUT2D eigenvalue weighted by Crippen LogP contribution is 2.17. The molecule has 1 aromatic carbocycles. The third kappa shape index (κ3) is 4.28. The van der Waals surface area contributed by atoms with Gasteiger partial charge in [0.2, 0.25) is 0 Å². The number of para-hydroxylation sites is 1. The van der Waals surface area contributed by atoms with Crippen LogP contribution in [-0.4, -0.2) is 47.0 Å². The van der Waals surface area contributed by atoms with Crippen LogP contribution < -0.4 is 10.2 Å². The lowest BCUT2D eigenvalue weighted by Gasteiger charge is -2.36. The van der Waals surface area contributed by atoms with Crippen LogP contribution in [0.25, 0.3) is 0 Å². The van der Waals surface area contributed by atoms with Crippen molar-refractivity contribution < 1.29 is 4.79 Å². The first-order chi connectivity index (χ1) is 13.8. The first-order valence-corrected chi connectivity index (χ1v) is 9.48. The summed E-state index contributed by atoms with van der Waals surface area (Å²) >= 11 is 0. The first-order valence-electron chi connectivity index (χ1n) is 9.48. The SMILES string of the molecule is O=C(c1ccc(NCc2cccnc2)nc1)N1CCN(c2ccccc2)CC1. The van der Waals surface area contributed by atoms with E-state index in [1.807, 2.05) is 53.6 Å². The monoisotopic (exact) mass is 373 g/mol. The van der Waals surface area contributed by atoms with Crippen LogP contribution in [0.1, 0.15) is 15.9 Å². The van der Waals surface area contributed by atoms with Crippen LogP contribution in [0.3, 0.4) is 0 Å². The molecular weight excluding hydrogens is 350 g/mol. The van der Waals surface area contributed by atoms with Crippen LogP contribution in [0.2, 0.25) is 0 Å². The number of piperazine rings is 1. The normalized spacial score (nSPS) is 14.0. The Balaban J connectivity index is 1.31. The van der Waals surface area contributed by atoms with Gasteiger partial charge in [-0.3, -0.25) is 9.78 Å².